The standard InChI is InChI=1S/C12H9Br2NO2S/c13-8-1-2-10(14)11(4-8)15-5-9-3-7(6-18-9)12(16)17/h1-4,6,15H,5H2,(H,16,17). The summed E-state index contributed by atoms with van der Waals surface area (Å²) >= 11 is 8.30. The highest BCUT2D eigenvalue weighted by atomic mass is 79.9. The molecule has 0 unspecified atom stereocenters. The van der Waals surface area contributed by atoms with Crippen LogP contribution in [0.2, 0.25) is 0 Å². The molecule has 0 aliphatic rings. The van der Waals surface area contributed by atoms with E-state index < -0.39 is 5.97 Å². The van der Waals surface area contributed by atoms with Crippen LogP contribution in [0, 0.1) is 0 Å². The van der Waals surface area contributed by atoms with E-state index in [-0.39, 0.29) is 0 Å². The number of benzene rings is 1. The number of halogens is 2. The molecule has 2 N–H and O–H groups in total. The summed E-state index contributed by atoms with van der Waals surface area (Å²) in [6, 6.07) is 7.55. The van der Waals surface area contributed by atoms with Crippen LogP contribution in [0.5, 0.6) is 0 Å². The molecule has 0 bridgehead atoms. The van der Waals surface area contributed by atoms with E-state index in [0.717, 1.165) is 19.5 Å². The van der Waals surface area contributed by atoms with Gasteiger partial charge in [0.2, 0.25) is 0 Å². The summed E-state index contributed by atoms with van der Waals surface area (Å²) in [4.78, 5) is 11.7. The zero-order valence-electron chi connectivity index (χ0n) is 9.11. The topological polar surface area (TPSA) is 49.3 Å². The number of carbonyl (C=O) groups is 1. The molecule has 0 radical (unpaired) electrons. The van der Waals surface area contributed by atoms with Gasteiger partial charge in [0.1, 0.15) is 0 Å². The lowest BCUT2D eigenvalue weighted by Crippen LogP contribution is -1.98. The summed E-state index contributed by atoms with van der Waals surface area (Å²) in [7, 11) is 0. The molecule has 94 valence electrons. The summed E-state index contributed by atoms with van der Waals surface area (Å²) in [5.41, 5.74) is 1.31. The number of carboxylic acids is 1. The van der Waals surface area contributed by atoms with E-state index in [9.17, 15) is 4.79 Å². The predicted octanol–water partition coefficient (Wildman–Crippen LogP) is 4.58. The van der Waals surface area contributed by atoms with Gasteiger partial charge < -0.3 is 10.4 Å². The molecule has 3 nitrogen and oxygen atoms in total. The van der Waals surface area contributed by atoms with Crippen LogP contribution in [0.1, 0.15) is 15.2 Å². The number of nitrogens with one attached hydrogen (secondary N) is 1. The van der Waals surface area contributed by atoms with Crippen molar-refractivity contribution < 1.29 is 9.90 Å². The van der Waals surface area contributed by atoms with Gasteiger partial charge in [-0.25, -0.2) is 4.79 Å². The minimum absolute atomic E-state index is 0.338. The fraction of sp³-hybridized carbons (Fsp3) is 0.0833. The Kier molecular flexibility index (Phi) is 4.42. The second kappa shape index (κ2) is 5.86. The van der Waals surface area contributed by atoms with Crippen molar-refractivity contribution in [3.05, 3.63) is 49.0 Å². The zero-order valence-corrected chi connectivity index (χ0v) is 13.1. The van der Waals surface area contributed by atoms with Gasteiger partial charge in [0.05, 0.1) is 5.56 Å². The molecule has 0 spiro atoms. The predicted molar refractivity (Wildman–Crippen MR) is 80.4 cm³/mol. The summed E-state index contributed by atoms with van der Waals surface area (Å²) in [5, 5.41) is 13.7. The van der Waals surface area contributed by atoms with E-state index in [1.807, 2.05) is 18.2 Å². The second-order valence-corrected chi connectivity index (χ2v) is 6.35. The summed E-state index contributed by atoms with van der Waals surface area (Å²) in [6.07, 6.45) is 0. The van der Waals surface area contributed by atoms with Crippen LogP contribution in [0.3, 0.4) is 0 Å². The molecule has 0 saturated carbocycles. The molecule has 2 rings (SSSR count). The SMILES string of the molecule is O=C(O)c1csc(CNc2cc(Br)ccc2Br)c1. The number of hydrogen-bond donors (Lipinski definition) is 2. The quantitative estimate of drug-likeness (QED) is 0.802. The van der Waals surface area contributed by atoms with Crippen molar-refractivity contribution in [3.63, 3.8) is 0 Å². The van der Waals surface area contributed by atoms with E-state index in [0.29, 0.717) is 12.1 Å². The molecule has 6 heteroatoms. The summed E-state index contributed by atoms with van der Waals surface area (Å²) < 4.78 is 1.96. The maximum Gasteiger partial charge on any atom is 0.336 e. The minimum atomic E-state index is -0.888. The third kappa shape index (κ3) is 3.34. The molecule has 2 aromatic rings. The first kappa shape index (κ1) is 13.6. The van der Waals surface area contributed by atoms with Gasteiger partial charge in [-0.05, 0) is 40.2 Å². The third-order valence-corrected chi connectivity index (χ3v) is 4.40. The van der Waals surface area contributed by atoms with E-state index in [1.54, 1.807) is 11.4 Å². The largest absolute Gasteiger partial charge is 0.478 e. The van der Waals surface area contributed by atoms with Crippen molar-refractivity contribution in [2.75, 3.05) is 5.32 Å². The van der Waals surface area contributed by atoms with Gasteiger partial charge in [-0.3, -0.25) is 0 Å². The van der Waals surface area contributed by atoms with Gasteiger partial charge >= 0.3 is 5.97 Å². The number of anilines is 1. The molecule has 0 saturated heterocycles. The first-order valence-electron chi connectivity index (χ1n) is 5.06. The normalized spacial score (nSPS) is 10.3. The Hall–Kier alpha value is -0.850. The average molecular weight is 391 g/mol. The van der Waals surface area contributed by atoms with Crippen LogP contribution >= 0.6 is 43.2 Å². The lowest BCUT2D eigenvalue weighted by Gasteiger charge is -2.07. The highest BCUT2D eigenvalue weighted by Crippen LogP contribution is 2.27. The molecule has 1 heterocycles. The number of aromatic carboxylic acids is 1. The van der Waals surface area contributed by atoms with Crippen molar-refractivity contribution >= 4 is 54.9 Å². The Morgan fingerprint density at radius 3 is 2.78 bits per heavy atom. The molecule has 18 heavy (non-hydrogen) atoms. The maximum absolute atomic E-state index is 10.8. The molecular formula is C12H9Br2NO2S. The number of rotatable bonds is 4. The van der Waals surface area contributed by atoms with Crippen LogP contribution in [-0.4, -0.2) is 11.1 Å². The van der Waals surface area contributed by atoms with Crippen LogP contribution in [0.15, 0.2) is 38.6 Å². The second-order valence-electron chi connectivity index (χ2n) is 3.58. The molecule has 0 atom stereocenters. The fourth-order valence-electron chi connectivity index (χ4n) is 1.40. The van der Waals surface area contributed by atoms with Gasteiger partial charge in [-0.1, -0.05) is 15.9 Å². The first-order valence-corrected chi connectivity index (χ1v) is 7.52. The van der Waals surface area contributed by atoms with Gasteiger partial charge in [0.25, 0.3) is 0 Å². The Morgan fingerprint density at radius 2 is 2.11 bits per heavy atom. The monoisotopic (exact) mass is 389 g/mol. The first-order chi connectivity index (χ1) is 8.56. The molecular weight excluding hydrogens is 382 g/mol. The molecule has 0 aliphatic heterocycles. The van der Waals surface area contributed by atoms with E-state index in [1.165, 1.54) is 11.3 Å². The van der Waals surface area contributed by atoms with Gasteiger partial charge in [-0.2, -0.15) is 0 Å². The Morgan fingerprint density at radius 1 is 1.33 bits per heavy atom. The Balaban J connectivity index is 2.06. The lowest BCUT2D eigenvalue weighted by molar-refractivity contribution is 0.0697. The van der Waals surface area contributed by atoms with Crippen LogP contribution in [-0.2, 0) is 6.54 Å². The summed E-state index contributed by atoms with van der Waals surface area (Å²) in [5.74, 6) is -0.888. The third-order valence-electron chi connectivity index (χ3n) is 2.28. The Labute approximate surface area is 125 Å². The maximum atomic E-state index is 10.8. The van der Waals surface area contributed by atoms with Gasteiger partial charge in [0.15, 0.2) is 0 Å². The lowest BCUT2D eigenvalue weighted by atomic mass is 10.3. The van der Waals surface area contributed by atoms with E-state index >= 15 is 0 Å². The minimum Gasteiger partial charge on any atom is -0.478 e. The molecule has 1 aromatic carbocycles. The fourth-order valence-corrected chi connectivity index (χ4v) is 2.95. The van der Waals surface area contributed by atoms with Crippen LogP contribution in [0.25, 0.3) is 0 Å². The highest BCUT2D eigenvalue weighted by Gasteiger charge is 2.07. The van der Waals surface area contributed by atoms with E-state index in [2.05, 4.69) is 37.2 Å². The average Bonchev–Trinajstić information content (AvgIpc) is 2.79. The smallest absolute Gasteiger partial charge is 0.336 e. The molecule has 0 aliphatic carbocycles. The van der Waals surface area contributed by atoms with Crippen molar-refractivity contribution in [2.24, 2.45) is 0 Å². The van der Waals surface area contributed by atoms with Crippen molar-refractivity contribution in [2.45, 2.75) is 6.54 Å². The molecule has 0 fully saturated rings. The van der Waals surface area contributed by atoms with Gasteiger partial charge in [0, 0.05) is 31.4 Å². The Bertz CT molecular complexity index is 583. The van der Waals surface area contributed by atoms with Crippen LogP contribution < -0.4 is 5.32 Å². The van der Waals surface area contributed by atoms with E-state index in [4.69, 9.17) is 5.11 Å². The number of thiophene rings is 1. The van der Waals surface area contributed by atoms with Gasteiger partial charge in [-0.15, -0.1) is 11.3 Å². The van der Waals surface area contributed by atoms with Crippen molar-refractivity contribution in [1.29, 1.82) is 0 Å². The van der Waals surface area contributed by atoms with Crippen molar-refractivity contribution in [1.82, 2.24) is 0 Å². The van der Waals surface area contributed by atoms with Crippen LogP contribution in [0.4, 0.5) is 5.69 Å². The summed E-state index contributed by atoms with van der Waals surface area (Å²) in [6.45, 7) is 0.604. The zero-order chi connectivity index (χ0) is 13.1. The number of carboxylic acid groups (broad SMARTS) is 1. The molecule has 0 amide bonds. The molecule has 1 aromatic heterocycles. The van der Waals surface area contributed by atoms with Crippen molar-refractivity contribution in [3.8, 4) is 0 Å². The highest BCUT2D eigenvalue weighted by molar-refractivity contribution is 9.11. The number of hydrogen-bond acceptors (Lipinski definition) is 3.